The Labute approximate surface area is 133 Å². The molecule has 1 aliphatic heterocycles. The third kappa shape index (κ3) is 4.30. The first-order valence-electron chi connectivity index (χ1n) is 7.35. The minimum atomic E-state index is -0.865. The minimum absolute atomic E-state index is 0.201. The van der Waals surface area contributed by atoms with Crippen LogP contribution < -0.4 is 10.2 Å². The van der Waals surface area contributed by atoms with Crippen LogP contribution in [0.3, 0.4) is 0 Å². The van der Waals surface area contributed by atoms with Gasteiger partial charge in [-0.1, -0.05) is 6.07 Å². The molecule has 23 heavy (non-hydrogen) atoms. The van der Waals surface area contributed by atoms with E-state index in [1.165, 1.54) is 12.1 Å². The lowest BCUT2D eigenvalue weighted by Gasteiger charge is -2.22. The Bertz CT molecular complexity index is 615. The van der Waals surface area contributed by atoms with Crippen LogP contribution in [0.1, 0.15) is 27.2 Å². The number of carbonyl (C=O) groups excluding carboxylic acids is 1. The summed E-state index contributed by atoms with van der Waals surface area (Å²) in [4.78, 5) is 23.8. The molecule has 1 aliphatic rings. The first-order chi connectivity index (χ1) is 10.7. The number of halogens is 1. The topological polar surface area (TPSA) is 84.7 Å². The van der Waals surface area contributed by atoms with E-state index in [-0.39, 0.29) is 11.7 Å². The van der Waals surface area contributed by atoms with E-state index in [1.54, 1.807) is 25.7 Å². The molecule has 0 saturated carbocycles. The van der Waals surface area contributed by atoms with Crippen molar-refractivity contribution in [3.8, 4) is 0 Å². The number of hydrogen-bond acceptors (Lipinski definition) is 5. The van der Waals surface area contributed by atoms with Crippen molar-refractivity contribution in [1.82, 2.24) is 5.32 Å². The van der Waals surface area contributed by atoms with E-state index < -0.39 is 28.1 Å². The van der Waals surface area contributed by atoms with Crippen LogP contribution in [0.15, 0.2) is 18.2 Å². The number of alkyl carbamates (subject to hydrolysis) is 1. The van der Waals surface area contributed by atoms with Crippen molar-refractivity contribution in [1.29, 1.82) is 0 Å². The Kier molecular flexibility index (Phi) is 4.72. The minimum Gasteiger partial charge on any atom is -0.444 e. The molecular formula is C15H20FN3O4. The van der Waals surface area contributed by atoms with E-state index >= 15 is 0 Å². The van der Waals surface area contributed by atoms with Gasteiger partial charge in [0.15, 0.2) is 0 Å². The van der Waals surface area contributed by atoms with E-state index in [0.29, 0.717) is 19.5 Å². The standard InChI is InChI=1S/C15H20FN3O4/c1-15(2,3)23-14(20)17-10-7-8-18(9-10)12-6-4-5-11(16)13(12)19(21)22/h4-6,10H,7-9H2,1-3H3,(H,17,20)/t10-/m1/s1. The molecular weight excluding hydrogens is 305 g/mol. The number of ether oxygens (including phenoxy) is 1. The van der Waals surface area contributed by atoms with E-state index in [2.05, 4.69) is 5.32 Å². The van der Waals surface area contributed by atoms with Crippen LogP contribution in [0.5, 0.6) is 0 Å². The largest absolute Gasteiger partial charge is 0.444 e. The molecule has 1 N–H and O–H groups in total. The fraction of sp³-hybridized carbons (Fsp3) is 0.533. The fourth-order valence-electron chi connectivity index (χ4n) is 2.51. The average Bonchev–Trinajstić information content (AvgIpc) is 2.83. The van der Waals surface area contributed by atoms with Crippen LogP contribution >= 0.6 is 0 Å². The summed E-state index contributed by atoms with van der Waals surface area (Å²) in [6, 6.07) is 3.81. The average molecular weight is 325 g/mol. The molecule has 0 aromatic heterocycles. The van der Waals surface area contributed by atoms with Gasteiger partial charge in [-0.2, -0.15) is 4.39 Å². The first kappa shape index (κ1) is 17.0. The zero-order valence-corrected chi connectivity index (χ0v) is 13.3. The number of anilines is 1. The molecule has 0 aliphatic carbocycles. The molecule has 1 fully saturated rings. The number of carbonyl (C=O) groups is 1. The fourth-order valence-corrected chi connectivity index (χ4v) is 2.51. The first-order valence-corrected chi connectivity index (χ1v) is 7.35. The van der Waals surface area contributed by atoms with Crippen LogP contribution in [-0.4, -0.2) is 35.7 Å². The maximum atomic E-state index is 13.7. The van der Waals surface area contributed by atoms with Crippen LogP contribution in [0.2, 0.25) is 0 Å². The monoisotopic (exact) mass is 325 g/mol. The Balaban J connectivity index is 2.05. The van der Waals surface area contributed by atoms with E-state index in [0.717, 1.165) is 6.07 Å². The molecule has 7 nitrogen and oxygen atoms in total. The number of benzene rings is 1. The molecule has 2 rings (SSSR count). The van der Waals surface area contributed by atoms with E-state index in [1.807, 2.05) is 0 Å². The number of nitro groups is 1. The van der Waals surface area contributed by atoms with Gasteiger partial charge in [-0.25, -0.2) is 4.79 Å². The van der Waals surface area contributed by atoms with Gasteiger partial charge in [-0.15, -0.1) is 0 Å². The molecule has 1 heterocycles. The van der Waals surface area contributed by atoms with Crippen LogP contribution in [0.25, 0.3) is 0 Å². The Morgan fingerprint density at radius 3 is 2.78 bits per heavy atom. The highest BCUT2D eigenvalue weighted by Gasteiger charge is 2.31. The van der Waals surface area contributed by atoms with Crippen LogP contribution in [-0.2, 0) is 4.74 Å². The van der Waals surface area contributed by atoms with E-state index in [9.17, 15) is 19.3 Å². The Hall–Kier alpha value is -2.38. The van der Waals surface area contributed by atoms with Crippen molar-refractivity contribution in [2.75, 3.05) is 18.0 Å². The highest BCUT2D eigenvalue weighted by atomic mass is 19.1. The van der Waals surface area contributed by atoms with Crippen molar-refractivity contribution in [3.05, 3.63) is 34.1 Å². The normalized spacial score (nSPS) is 17.9. The summed E-state index contributed by atoms with van der Waals surface area (Å²) in [6.45, 7) is 6.16. The molecule has 8 heteroatoms. The molecule has 1 saturated heterocycles. The predicted octanol–water partition coefficient (Wildman–Crippen LogP) is 2.84. The van der Waals surface area contributed by atoms with Crippen LogP contribution in [0.4, 0.5) is 20.6 Å². The van der Waals surface area contributed by atoms with Gasteiger partial charge in [0, 0.05) is 13.1 Å². The number of nitro benzene ring substituents is 1. The van der Waals surface area contributed by atoms with Crippen LogP contribution in [0, 0.1) is 15.9 Å². The molecule has 1 aromatic rings. The second kappa shape index (κ2) is 6.39. The molecule has 1 amide bonds. The van der Waals surface area contributed by atoms with Crippen molar-refractivity contribution >= 4 is 17.5 Å². The summed E-state index contributed by atoms with van der Waals surface area (Å²) in [5.74, 6) is -0.865. The predicted molar refractivity (Wildman–Crippen MR) is 83.0 cm³/mol. The zero-order chi connectivity index (χ0) is 17.2. The van der Waals surface area contributed by atoms with Crippen molar-refractivity contribution in [3.63, 3.8) is 0 Å². The molecule has 1 aromatic carbocycles. The van der Waals surface area contributed by atoms with Gasteiger partial charge in [0.1, 0.15) is 11.3 Å². The summed E-state index contributed by atoms with van der Waals surface area (Å²) < 4.78 is 18.9. The van der Waals surface area contributed by atoms with Gasteiger partial charge < -0.3 is 15.0 Å². The van der Waals surface area contributed by atoms with Gasteiger partial charge in [0.2, 0.25) is 5.82 Å². The van der Waals surface area contributed by atoms with Crippen molar-refractivity contribution in [2.45, 2.75) is 38.8 Å². The lowest BCUT2D eigenvalue weighted by molar-refractivity contribution is -0.386. The number of amides is 1. The Morgan fingerprint density at radius 1 is 1.48 bits per heavy atom. The van der Waals surface area contributed by atoms with Crippen molar-refractivity contribution in [2.24, 2.45) is 0 Å². The van der Waals surface area contributed by atoms with Gasteiger partial charge >= 0.3 is 11.8 Å². The maximum absolute atomic E-state index is 13.7. The number of para-hydroxylation sites is 1. The number of rotatable bonds is 3. The summed E-state index contributed by atoms with van der Waals surface area (Å²) in [5, 5.41) is 13.8. The quantitative estimate of drug-likeness (QED) is 0.682. The summed E-state index contributed by atoms with van der Waals surface area (Å²) in [7, 11) is 0. The van der Waals surface area contributed by atoms with Crippen molar-refractivity contribution < 1.29 is 18.8 Å². The molecule has 1 atom stereocenters. The zero-order valence-electron chi connectivity index (χ0n) is 13.3. The van der Waals surface area contributed by atoms with Gasteiger partial charge in [-0.3, -0.25) is 10.1 Å². The summed E-state index contributed by atoms with van der Waals surface area (Å²) >= 11 is 0. The summed E-state index contributed by atoms with van der Waals surface area (Å²) in [6.07, 6.45) is 0.0745. The second-order valence-corrected chi connectivity index (χ2v) is 6.44. The molecule has 0 spiro atoms. The molecule has 0 bridgehead atoms. The lowest BCUT2D eigenvalue weighted by atomic mass is 10.2. The van der Waals surface area contributed by atoms with Gasteiger partial charge in [0.25, 0.3) is 0 Å². The van der Waals surface area contributed by atoms with Gasteiger partial charge in [-0.05, 0) is 39.3 Å². The van der Waals surface area contributed by atoms with E-state index in [4.69, 9.17) is 4.74 Å². The second-order valence-electron chi connectivity index (χ2n) is 6.44. The third-order valence-electron chi connectivity index (χ3n) is 3.40. The number of nitrogens with zero attached hydrogens (tertiary/aromatic N) is 2. The lowest BCUT2D eigenvalue weighted by Crippen LogP contribution is -2.40. The highest BCUT2D eigenvalue weighted by molar-refractivity contribution is 5.69. The number of nitrogens with one attached hydrogen (secondary N) is 1. The maximum Gasteiger partial charge on any atom is 0.407 e. The third-order valence-corrected chi connectivity index (χ3v) is 3.40. The molecule has 0 unspecified atom stereocenters. The highest BCUT2D eigenvalue weighted by Crippen LogP contribution is 2.32. The Morgan fingerprint density at radius 2 is 2.17 bits per heavy atom. The smallest absolute Gasteiger partial charge is 0.407 e. The van der Waals surface area contributed by atoms with Gasteiger partial charge in [0.05, 0.1) is 11.0 Å². The molecule has 126 valence electrons. The number of hydrogen-bond donors (Lipinski definition) is 1. The molecule has 0 radical (unpaired) electrons. The SMILES string of the molecule is CC(C)(C)OC(=O)N[C@@H]1CCN(c2cccc(F)c2[N+](=O)[O-])C1. The summed E-state index contributed by atoms with van der Waals surface area (Å²) in [5.41, 5.74) is -0.905.